The van der Waals surface area contributed by atoms with Crippen LogP contribution in [-0.2, 0) is 12.4 Å². The van der Waals surface area contributed by atoms with Gasteiger partial charge < -0.3 is 4.57 Å². The quantitative estimate of drug-likeness (QED) is 0.150. The molecular weight excluding hydrogens is 809 g/mol. The SMILES string of the molecule is FC(F)(F)c1cc(-c2cc(-c3ccccc3)nc(-c3ccccc3)n2)c(-n2c3ccccc3c3cc(C(F)(F)F)ccc32)c(-c2cc(-c3ccccc3)nc(-c3ccccc3)n2)c1. The van der Waals surface area contributed by atoms with Gasteiger partial charge in [-0.1, -0.05) is 140 Å². The summed E-state index contributed by atoms with van der Waals surface area (Å²) in [7, 11) is 0. The standard InChI is InChI=1S/C52H31F6N5/c53-51(54,55)36-25-26-47-39(27-36)38-23-13-14-24-46(38)63(47)48-40(44-30-42(32-15-5-1-6-16-32)59-49(61-44)34-19-9-3-10-20-34)28-37(52(56,57)58)29-41(48)45-31-43(33-17-7-2-8-18-33)60-50(62-45)35-21-11-4-12-22-35/h1-31H. The summed E-state index contributed by atoms with van der Waals surface area (Å²) in [6.07, 6.45) is -9.52. The minimum atomic E-state index is -4.86. The molecule has 0 spiro atoms. The van der Waals surface area contributed by atoms with Crippen LogP contribution in [0.1, 0.15) is 11.1 Å². The van der Waals surface area contributed by atoms with E-state index in [1.165, 1.54) is 6.07 Å². The molecule has 0 amide bonds. The molecule has 0 aliphatic rings. The number of fused-ring (bicyclic) bond motifs is 3. The fourth-order valence-corrected chi connectivity index (χ4v) is 7.94. The number of aromatic nitrogens is 5. The minimum absolute atomic E-state index is 0.0419. The Hall–Kier alpha value is -7.92. The van der Waals surface area contributed by atoms with Gasteiger partial charge in [0.25, 0.3) is 0 Å². The first-order valence-corrected chi connectivity index (χ1v) is 19.9. The Kier molecular flexibility index (Phi) is 9.67. The molecule has 0 saturated carbocycles. The van der Waals surface area contributed by atoms with Crippen LogP contribution in [0.15, 0.2) is 188 Å². The molecule has 7 aromatic carbocycles. The topological polar surface area (TPSA) is 56.5 Å². The van der Waals surface area contributed by atoms with Gasteiger partial charge in [0.05, 0.1) is 50.6 Å². The first-order chi connectivity index (χ1) is 30.5. The fraction of sp³-hybridized carbons (Fsp3) is 0.0385. The fourth-order valence-electron chi connectivity index (χ4n) is 7.94. The highest BCUT2D eigenvalue weighted by Gasteiger charge is 2.35. The monoisotopic (exact) mass is 839 g/mol. The van der Waals surface area contributed by atoms with E-state index in [-0.39, 0.29) is 45.2 Å². The highest BCUT2D eigenvalue weighted by molar-refractivity contribution is 6.11. The zero-order chi connectivity index (χ0) is 43.3. The van der Waals surface area contributed by atoms with Crippen LogP contribution in [0.5, 0.6) is 0 Å². The largest absolute Gasteiger partial charge is 0.416 e. The van der Waals surface area contributed by atoms with E-state index in [0.717, 1.165) is 24.3 Å². The van der Waals surface area contributed by atoms with Gasteiger partial charge in [-0.3, -0.25) is 0 Å². The summed E-state index contributed by atoms with van der Waals surface area (Å²) < 4.78 is 91.3. The maximum absolute atomic E-state index is 15.5. The summed E-state index contributed by atoms with van der Waals surface area (Å²) >= 11 is 0. The number of halogens is 6. The average Bonchev–Trinajstić information content (AvgIpc) is 3.65. The van der Waals surface area contributed by atoms with E-state index in [1.807, 2.05) is 121 Å². The maximum Gasteiger partial charge on any atom is 0.416 e. The van der Waals surface area contributed by atoms with Crippen LogP contribution >= 0.6 is 0 Å². The Morgan fingerprint density at radius 2 is 0.730 bits per heavy atom. The summed E-state index contributed by atoms with van der Waals surface area (Å²) in [5.74, 6) is 0.516. The molecule has 0 saturated heterocycles. The van der Waals surface area contributed by atoms with Crippen molar-refractivity contribution in [3.8, 4) is 73.5 Å². The molecule has 0 radical (unpaired) electrons. The molecule has 306 valence electrons. The van der Waals surface area contributed by atoms with E-state index in [9.17, 15) is 13.2 Å². The van der Waals surface area contributed by atoms with Crippen molar-refractivity contribution in [2.75, 3.05) is 0 Å². The second-order valence-corrected chi connectivity index (χ2v) is 14.9. The van der Waals surface area contributed by atoms with Crippen molar-refractivity contribution in [1.29, 1.82) is 0 Å². The summed E-state index contributed by atoms with van der Waals surface area (Å²) in [6.45, 7) is 0. The molecule has 10 aromatic rings. The zero-order valence-electron chi connectivity index (χ0n) is 32.9. The van der Waals surface area contributed by atoms with Gasteiger partial charge in [0.1, 0.15) is 0 Å². The third kappa shape index (κ3) is 7.48. The number of hydrogen-bond acceptors (Lipinski definition) is 4. The molecular formula is C52H31F6N5. The molecule has 63 heavy (non-hydrogen) atoms. The lowest BCUT2D eigenvalue weighted by molar-refractivity contribution is -0.138. The molecule has 0 aliphatic carbocycles. The van der Waals surface area contributed by atoms with Crippen LogP contribution in [0, 0.1) is 0 Å². The highest BCUT2D eigenvalue weighted by atomic mass is 19.4. The Morgan fingerprint density at radius 3 is 1.19 bits per heavy atom. The van der Waals surface area contributed by atoms with Crippen molar-refractivity contribution in [3.63, 3.8) is 0 Å². The smallest absolute Gasteiger partial charge is 0.308 e. The Morgan fingerprint density at radius 1 is 0.333 bits per heavy atom. The second-order valence-electron chi connectivity index (χ2n) is 14.9. The summed E-state index contributed by atoms with van der Waals surface area (Å²) in [4.78, 5) is 19.8. The average molecular weight is 840 g/mol. The first-order valence-electron chi connectivity index (χ1n) is 19.9. The molecule has 0 unspecified atom stereocenters. The number of benzene rings is 7. The lowest BCUT2D eigenvalue weighted by Crippen LogP contribution is -2.10. The van der Waals surface area contributed by atoms with Gasteiger partial charge in [-0.05, 0) is 48.5 Å². The highest BCUT2D eigenvalue weighted by Crippen LogP contribution is 2.46. The van der Waals surface area contributed by atoms with Crippen LogP contribution in [0.3, 0.4) is 0 Å². The molecule has 11 heteroatoms. The van der Waals surface area contributed by atoms with Gasteiger partial charge >= 0.3 is 12.4 Å². The van der Waals surface area contributed by atoms with Crippen LogP contribution < -0.4 is 0 Å². The molecule has 0 N–H and O–H groups in total. The third-order valence-corrected chi connectivity index (χ3v) is 10.9. The summed E-state index contributed by atoms with van der Waals surface area (Å²) in [5, 5.41) is 0.721. The molecule has 3 aromatic heterocycles. The second kappa shape index (κ2) is 15.5. The van der Waals surface area contributed by atoms with Gasteiger partial charge in [-0.15, -0.1) is 0 Å². The lowest BCUT2D eigenvalue weighted by Gasteiger charge is -2.22. The van der Waals surface area contributed by atoms with E-state index in [2.05, 4.69) is 0 Å². The van der Waals surface area contributed by atoms with Gasteiger partial charge in [0, 0.05) is 44.2 Å². The van der Waals surface area contributed by atoms with Crippen LogP contribution in [0.2, 0.25) is 0 Å². The minimum Gasteiger partial charge on any atom is -0.308 e. The van der Waals surface area contributed by atoms with E-state index >= 15 is 13.2 Å². The number of hydrogen-bond donors (Lipinski definition) is 0. The van der Waals surface area contributed by atoms with Crippen molar-refractivity contribution in [1.82, 2.24) is 24.5 Å². The molecule has 0 aliphatic heterocycles. The van der Waals surface area contributed by atoms with E-state index in [0.29, 0.717) is 50.1 Å². The Balaban J connectivity index is 1.39. The maximum atomic E-state index is 15.5. The molecule has 0 fully saturated rings. The summed E-state index contributed by atoms with van der Waals surface area (Å²) in [5.41, 5.74) is 3.03. The first kappa shape index (κ1) is 39.2. The Labute approximate surface area is 356 Å². The van der Waals surface area contributed by atoms with E-state index in [4.69, 9.17) is 19.9 Å². The van der Waals surface area contributed by atoms with Gasteiger partial charge in [-0.25, -0.2) is 19.9 Å². The van der Waals surface area contributed by atoms with Crippen molar-refractivity contribution in [2.45, 2.75) is 12.4 Å². The van der Waals surface area contributed by atoms with Crippen LogP contribution in [0.25, 0.3) is 95.3 Å². The van der Waals surface area contributed by atoms with Crippen molar-refractivity contribution >= 4 is 21.8 Å². The molecule has 0 atom stereocenters. The molecule has 0 bridgehead atoms. The van der Waals surface area contributed by atoms with Crippen molar-refractivity contribution in [3.05, 3.63) is 199 Å². The van der Waals surface area contributed by atoms with Crippen LogP contribution in [0.4, 0.5) is 26.3 Å². The number of nitrogens with zero attached hydrogens (tertiary/aromatic N) is 5. The Bertz CT molecular complexity index is 3030. The predicted molar refractivity (Wildman–Crippen MR) is 235 cm³/mol. The zero-order valence-corrected chi connectivity index (χ0v) is 32.9. The number of rotatable bonds is 7. The van der Waals surface area contributed by atoms with Gasteiger partial charge in [0.15, 0.2) is 11.6 Å². The third-order valence-electron chi connectivity index (χ3n) is 10.9. The van der Waals surface area contributed by atoms with Crippen molar-refractivity contribution < 1.29 is 26.3 Å². The van der Waals surface area contributed by atoms with E-state index in [1.54, 1.807) is 41.0 Å². The summed E-state index contributed by atoms with van der Waals surface area (Å²) in [6, 6.07) is 52.4. The molecule has 10 rings (SSSR count). The molecule has 5 nitrogen and oxygen atoms in total. The normalized spacial score (nSPS) is 12.0. The van der Waals surface area contributed by atoms with Crippen molar-refractivity contribution in [2.24, 2.45) is 0 Å². The van der Waals surface area contributed by atoms with E-state index < -0.39 is 23.5 Å². The number of alkyl halides is 6. The van der Waals surface area contributed by atoms with Crippen LogP contribution in [-0.4, -0.2) is 24.5 Å². The van der Waals surface area contributed by atoms with Gasteiger partial charge in [-0.2, -0.15) is 26.3 Å². The predicted octanol–water partition coefficient (Wildman–Crippen LogP) is 14.4. The lowest BCUT2D eigenvalue weighted by atomic mass is 9.95. The number of para-hydroxylation sites is 1. The van der Waals surface area contributed by atoms with Gasteiger partial charge in [0.2, 0.25) is 0 Å². The molecule has 3 heterocycles.